The smallest absolute Gasteiger partial charge is 0.410 e. The second-order valence-electron chi connectivity index (χ2n) is 5.35. The Bertz CT molecular complexity index is 274. The molecule has 0 N–H and O–H groups in total. The Morgan fingerprint density at radius 1 is 1.44 bits per heavy atom. The van der Waals surface area contributed by atoms with Crippen LogP contribution in [0.25, 0.3) is 0 Å². The van der Waals surface area contributed by atoms with Crippen LogP contribution in [0.2, 0.25) is 0 Å². The molecule has 94 valence electrons. The molecule has 0 radical (unpaired) electrons. The predicted molar refractivity (Wildman–Crippen MR) is 56.6 cm³/mol. The van der Waals surface area contributed by atoms with Crippen molar-refractivity contribution < 1.29 is 18.3 Å². The molecule has 3 nitrogen and oxygen atoms in total. The van der Waals surface area contributed by atoms with Gasteiger partial charge in [-0.25, -0.2) is 13.6 Å². The third-order valence-corrected chi connectivity index (χ3v) is 2.49. The average molecular weight is 235 g/mol. The number of hydrogen-bond donors (Lipinski definition) is 0. The van der Waals surface area contributed by atoms with Crippen LogP contribution in [0.1, 0.15) is 40.5 Å². The van der Waals surface area contributed by atoms with E-state index in [1.807, 2.05) is 0 Å². The summed E-state index contributed by atoms with van der Waals surface area (Å²) in [4.78, 5) is 12.8. The predicted octanol–water partition coefficient (Wildman–Crippen LogP) is 3.04. The van der Waals surface area contributed by atoms with E-state index < -0.39 is 24.2 Å². The molecular weight excluding hydrogens is 216 g/mol. The number of rotatable bonds is 0. The van der Waals surface area contributed by atoms with Crippen LogP contribution in [-0.4, -0.2) is 35.1 Å². The fraction of sp³-hybridized carbons (Fsp3) is 0.909. The number of alkyl halides is 2. The van der Waals surface area contributed by atoms with Crippen molar-refractivity contribution in [2.45, 2.75) is 58.1 Å². The van der Waals surface area contributed by atoms with E-state index in [0.29, 0.717) is 6.42 Å². The molecule has 1 fully saturated rings. The Morgan fingerprint density at radius 2 is 2.00 bits per heavy atom. The van der Waals surface area contributed by atoms with Gasteiger partial charge in [0, 0.05) is 12.5 Å². The Morgan fingerprint density at radius 3 is 2.50 bits per heavy atom. The van der Waals surface area contributed by atoms with Crippen LogP contribution in [0.5, 0.6) is 0 Å². The number of piperidine rings is 1. The highest BCUT2D eigenvalue weighted by atomic mass is 19.3. The van der Waals surface area contributed by atoms with Gasteiger partial charge in [0.25, 0.3) is 5.92 Å². The molecule has 1 atom stereocenters. The lowest BCUT2D eigenvalue weighted by atomic mass is 10.0. The van der Waals surface area contributed by atoms with Crippen molar-refractivity contribution >= 4 is 6.09 Å². The van der Waals surface area contributed by atoms with E-state index in [9.17, 15) is 13.6 Å². The quantitative estimate of drug-likeness (QED) is 0.646. The lowest BCUT2D eigenvalue weighted by molar-refractivity contribution is -0.0826. The largest absolute Gasteiger partial charge is 0.444 e. The van der Waals surface area contributed by atoms with Gasteiger partial charge in [0.1, 0.15) is 5.60 Å². The molecule has 0 aromatic heterocycles. The van der Waals surface area contributed by atoms with Gasteiger partial charge in [0.05, 0.1) is 6.54 Å². The molecule has 5 heteroatoms. The Balaban J connectivity index is 2.67. The van der Waals surface area contributed by atoms with Gasteiger partial charge in [-0.2, -0.15) is 0 Å². The van der Waals surface area contributed by atoms with Crippen LogP contribution in [0.15, 0.2) is 0 Å². The topological polar surface area (TPSA) is 29.5 Å². The van der Waals surface area contributed by atoms with Crippen molar-refractivity contribution in [2.24, 2.45) is 0 Å². The Hall–Kier alpha value is -0.870. The van der Waals surface area contributed by atoms with E-state index in [1.54, 1.807) is 27.7 Å². The van der Waals surface area contributed by atoms with Gasteiger partial charge in [-0.05, 0) is 34.1 Å². The summed E-state index contributed by atoms with van der Waals surface area (Å²) in [5, 5.41) is 0. The maximum Gasteiger partial charge on any atom is 0.410 e. The molecule has 0 bridgehead atoms. The van der Waals surface area contributed by atoms with Gasteiger partial charge in [0.2, 0.25) is 0 Å². The standard InChI is InChI=1S/C11H19F2NO2/c1-8-5-6-11(12,13)7-14(8)9(15)16-10(2,3)4/h8H,5-7H2,1-4H3. The summed E-state index contributed by atoms with van der Waals surface area (Å²) in [6.45, 7) is 6.38. The molecule has 0 aromatic carbocycles. The van der Waals surface area contributed by atoms with Crippen molar-refractivity contribution in [1.29, 1.82) is 0 Å². The number of ether oxygens (including phenoxy) is 1. The summed E-state index contributed by atoms with van der Waals surface area (Å²) < 4.78 is 31.4. The fourth-order valence-corrected chi connectivity index (χ4v) is 1.63. The van der Waals surface area contributed by atoms with Gasteiger partial charge >= 0.3 is 6.09 Å². The van der Waals surface area contributed by atoms with Crippen molar-refractivity contribution in [3.8, 4) is 0 Å². The van der Waals surface area contributed by atoms with Crippen molar-refractivity contribution in [3.05, 3.63) is 0 Å². The number of carbonyl (C=O) groups excluding carboxylic acids is 1. The van der Waals surface area contributed by atoms with E-state index in [1.165, 1.54) is 0 Å². The lowest BCUT2D eigenvalue weighted by Gasteiger charge is -2.38. The zero-order valence-electron chi connectivity index (χ0n) is 10.2. The van der Waals surface area contributed by atoms with Crippen LogP contribution < -0.4 is 0 Å². The first-order valence-electron chi connectivity index (χ1n) is 5.48. The molecule has 1 unspecified atom stereocenters. The lowest BCUT2D eigenvalue weighted by Crippen LogP contribution is -2.51. The maximum atomic E-state index is 13.2. The second-order valence-corrected chi connectivity index (χ2v) is 5.35. The summed E-state index contributed by atoms with van der Waals surface area (Å²) in [7, 11) is 0. The van der Waals surface area contributed by atoms with E-state index in [0.717, 1.165) is 4.90 Å². The van der Waals surface area contributed by atoms with Gasteiger partial charge < -0.3 is 4.74 Å². The van der Waals surface area contributed by atoms with Crippen LogP contribution in [0.3, 0.4) is 0 Å². The summed E-state index contributed by atoms with van der Waals surface area (Å²) in [5.74, 6) is -2.79. The highest BCUT2D eigenvalue weighted by Crippen LogP contribution is 2.30. The molecule has 0 saturated carbocycles. The van der Waals surface area contributed by atoms with Crippen molar-refractivity contribution in [1.82, 2.24) is 4.90 Å². The average Bonchev–Trinajstić information content (AvgIpc) is 2.06. The molecule has 1 heterocycles. The van der Waals surface area contributed by atoms with Crippen LogP contribution in [0.4, 0.5) is 13.6 Å². The van der Waals surface area contributed by atoms with Crippen LogP contribution >= 0.6 is 0 Å². The number of nitrogens with zero attached hydrogens (tertiary/aromatic N) is 1. The van der Waals surface area contributed by atoms with Crippen molar-refractivity contribution in [2.75, 3.05) is 6.54 Å². The summed E-state index contributed by atoms with van der Waals surface area (Å²) in [5.41, 5.74) is -0.649. The second kappa shape index (κ2) is 4.18. The molecule has 1 aliphatic heterocycles. The summed E-state index contributed by atoms with van der Waals surface area (Å²) in [6.07, 6.45) is -0.501. The molecule has 1 amide bonds. The van der Waals surface area contributed by atoms with E-state index in [-0.39, 0.29) is 12.5 Å². The normalized spacial score (nSPS) is 25.4. The van der Waals surface area contributed by atoms with Gasteiger partial charge in [0.15, 0.2) is 0 Å². The molecular formula is C11H19F2NO2. The third-order valence-electron chi connectivity index (χ3n) is 2.49. The zero-order chi connectivity index (χ0) is 12.6. The number of carbonyl (C=O) groups is 1. The van der Waals surface area contributed by atoms with Crippen molar-refractivity contribution in [3.63, 3.8) is 0 Å². The van der Waals surface area contributed by atoms with E-state index in [4.69, 9.17) is 4.74 Å². The first kappa shape index (κ1) is 13.2. The molecule has 1 aliphatic rings. The minimum absolute atomic E-state index is 0.159. The molecule has 1 saturated heterocycles. The number of amides is 1. The Kier molecular flexibility index (Phi) is 3.45. The van der Waals surface area contributed by atoms with E-state index >= 15 is 0 Å². The molecule has 0 aromatic rings. The third kappa shape index (κ3) is 3.61. The van der Waals surface area contributed by atoms with Crippen LogP contribution in [0, 0.1) is 0 Å². The van der Waals surface area contributed by atoms with Gasteiger partial charge in [-0.1, -0.05) is 0 Å². The fourth-order valence-electron chi connectivity index (χ4n) is 1.63. The first-order valence-corrected chi connectivity index (χ1v) is 5.48. The number of hydrogen-bond acceptors (Lipinski definition) is 2. The van der Waals surface area contributed by atoms with Crippen LogP contribution in [-0.2, 0) is 4.74 Å². The first-order chi connectivity index (χ1) is 7.11. The highest BCUT2D eigenvalue weighted by molar-refractivity contribution is 5.68. The SMILES string of the molecule is CC1CCC(F)(F)CN1C(=O)OC(C)(C)C. The minimum atomic E-state index is -2.79. The Labute approximate surface area is 94.7 Å². The highest BCUT2D eigenvalue weighted by Gasteiger charge is 2.41. The zero-order valence-corrected chi connectivity index (χ0v) is 10.2. The number of halogens is 2. The molecule has 0 aliphatic carbocycles. The number of likely N-dealkylation sites (tertiary alicyclic amines) is 1. The van der Waals surface area contributed by atoms with E-state index in [2.05, 4.69) is 0 Å². The molecule has 1 rings (SSSR count). The molecule has 0 spiro atoms. The minimum Gasteiger partial charge on any atom is -0.444 e. The molecule has 16 heavy (non-hydrogen) atoms. The summed E-state index contributed by atoms with van der Waals surface area (Å²) in [6, 6.07) is -0.186. The monoisotopic (exact) mass is 235 g/mol. The van der Waals surface area contributed by atoms with Gasteiger partial charge in [-0.15, -0.1) is 0 Å². The maximum absolute atomic E-state index is 13.2. The van der Waals surface area contributed by atoms with Gasteiger partial charge in [-0.3, -0.25) is 4.90 Å². The summed E-state index contributed by atoms with van der Waals surface area (Å²) >= 11 is 0.